The number of rotatable bonds is 7. The van der Waals surface area contributed by atoms with Gasteiger partial charge in [0.2, 0.25) is 10.0 Å². The first-order valence-corrected chi connectivity index (χ1v) is 9.26. The number of non-ortho nitro benzene ring substituents is 1. The lowest BCUT2D eigenvalue weighted by atomic mass is 10.1. The molecule has 0 heterocycles. The van der Waals surface area contributed by atoms with Crippen molar-refractivity contribution in [1.29, 1.82) is 5.26 Å². The fraction of sp³-hybridized carbons (Fsp3) is 0.176. The minimum Gasteiger partial charge on any atom is -0.321 e. The van der Waals surface area contributed by atoms with E-state index < -0.39 is 20.9 Å². The number of anilines is 1. The van der Waals surface area contributed by atoms with E-state index in [-0.39, 0.29) is 29.1 Å². The van der Waals surface area contributed by atoms with Crippen molar-refractivity contribution in [3.8, 4) is 6.07 Å². The Bertz CT molecular complexity index is 1010. The molecule has 0 aliphatic heterocycles. The lowest BCUT2D eigenvalue weighted by molar-refractivity contribution is -0.384. The summed E-state index contributed by atoms with van der Waals surface area (Å²) in [5, 5.41) is 21.9. The first kappa shape index (κ1) is 20.0. The van der Waals surface area contributed by atoms with Crippen LogP contribution >= 0.6 is 0 Å². The van der Waals surface area contributed by atoms with Crippen LogP contribution in [-0.2, 0) is 10.0 Å². The van der Waals surface area contributed by atoms with E-state index in [1.165, 1.54) is 42.5 Å². The minimum absolute atomic E-state index is 0.00681. The van der Waals surface area contributed by atoms with Crippen molar-refractivity contribution in [2.45, 2.75) is 18.2 Å². The average Bonchev–Trinajstić information content (AvgIpc) is 2.63. The van der Waals surface area contributed by atoms with Crippen molar-refractivity contribution in [2.75, 3.05) is 11.9 Å². The normalized spacial score (nSPS) is 10.8. The lowest BCUT2D eigenvalue weighted by Gasteiger charge is -2.09. The van der Waals surface area contributed by atoms with E-state index in [2.05, 4.69) is 10.0 Å². The highest BCUT2D eigenvalue weighted by molar-refractivity contribution is 7.89. The Labute approximate surface area is 155 Å². The van der Waals surface area contributed by atoms with Crippen LogP contribution in [0.3, 0.4) is 0 Å². The van der Waals surface area contributed by atoms with Crippen molar-refractivity contribution in [1.82, 2.24) is 4.72 Å². The maximum atomic E-state index is 12.3. The molecule has 0 aliphatic carbocycles. The van der Waals surface area contributed by atoms with Gasteiger partial charge in [-0.3, -0.25) is 14.9 Å². The lowest BCUT2D eigenvalue weighted by Crippen LogP contribution is -2.24. The molecule has 1 amide bonds. The van der Waals surface area contributed by atoms with Gasteiger partial charge in [-0.05, 0) is 36.8 Å². The summed E-state index contributed by atoms with van der Waals surface area (Å²) in [5.74, 6) is -0.528. The fourth-order valence-corrected chi connectivity index (χ4v) is 3.19. The Hall–Kier alpha value is -3.29. The molecule has 0 radical (unpaired) electrons. The fourth-order valence-electron chi connectivity index (χ4n) is 2.16. The number of nitrogens with zero attached hydrogens (tertiary/aromatic N) is 2. The Morgan fingerprint density at radius 2 is 1.89 bits per heavy atom. The second kappa shape index (κ2) is 8.39. The van der Waals surface area contributed by atoms with Crippen LogP contribution in [0.25, 0.3) is 0 Å². The monoisotopic (exact) mass is 388 g/mol. The summed E-state index contributed by atoms with van der Waals surface area (Å²) in [7, 11) is -3.76. The van der Waals surface area contributed by atoms with Crippen molar-refractivity contribution >= 4 is 27.3 Å². The van der Waals surface area contributed by atoms with Gasteiger partial charge >= 0.3 is 0 Å². The number of aryl methyl sites for hydroxylation is 1. The van der Waals surface area contributed by atoms with Crippen molar-refractivity contribution in [3.63, 3.8) is 0 Å². The molecular formula is C17H16N4O5S. The number of benzene rings is 2. The van der Waals surface area contributed by atoms with E-state index in [4.69, 9.17) is 5.26 Å². The van der Waals surface area contributed by atoms with Gasteiger partial charge in [0, 0.05) is 30.7 Å². The molecule has 0 saturated heterocycles. The van der Waals surface area contributed by atoms with Gasteiger partial charge < -0.3 is 5.32 Å². The highest BCUT2D eigenvalue weighted by Gasteiger charge is 2.16. The molecule has 0 unspecified atom stereocenters. The van der Waals surface area contributed by atoms with Gasteiger partial charge in [0.15, 0.2) is 0 Å². The van der Waals surface area contributed by atoms with Crippen LogP contribution in [0.1, 0.15) is 22.3 Å². The van der Waals surface area contributed by atoms with Crippen LogP contribution < -0.4 is 10.0 Å². The molecule has 0 atom stereocenters. The Morgan fingerprint density at radius 3 is 2.48 bits per heavy atom. The first-order chi connectivity index (χ1) is 12.7. The largest absolute Gasteiger partial charge is 0.321 e. The molecule has 0 aliphatic rings. The molecule has 10 heteroatoms. The molecule has 0 saturated carbocycles. The molecule has 140 valence electrons. The predicted octanol–water partition coefficient (Wildman–Crippen LogP) is 2.35. The van der Waals surface area contributed by atoms with E-state index >= 15 is 0 Å². The number of hydrogen-bond donors (Lipinski definition) is 2. The maximum absolute atomic E-state index is 12.3. The topological polar surface area (TPSA) is 142 Å². The van der Waals surface area contributed by atoms with Gasteiger partial charge in [0.25, 0.3) is 11.6 Å². The summed E-state index contributed by atoms with van der Waals surface area (Å²) in [5.41, 5.74) is 0.983. The summed E-state index contributed by atoms with van der Waals surface area (Å²) in [6.45, 7) is 1.69. The van der Waals surface area contributed by atoms with Gasteiger partial charge in [0.1, 0.15) is 0 Å². The zero-order chi connectivity index (χ0) is 20.0. The van der Waals surface area contributed by atoms with Crippen LogP contribution in [0.4, 0.5) is 11.4 Å². The zero-order valence-corrected chi connectivity index (χ0v) is 15.1. The van der Waals surface area contributed by atoms with Gasteiger partial charge in [-0.15, -0.1) is 0 Å². The van der Waals surface area contributed by atoms with E-state index in [0.717, 1.165) is 0 Å². The van der Waals surface area contributed by atoms with Gasteiger partial charge in [-0.1, -0.05) is 6.07 Å². The summed E-state index contributed by atoms with van der Waals surface area (Å²) in [6.07, 6.45) is 0.0439. The van der Waals surface area contributed by atoms with E-state index in [1.807, 2.05) is 6.07 Å². The standard InChI is InChI=1S/C17H16N4O5S/c1-12-3-6-14(21(23)24)11-16(12)20-17(22)13-4-7-15(8-5-13)27(25,26)19-10-2-9-18/h3-8,11,19H,2,10H2,1H3,(H,20,22). The number of sulfonamides is 1. The highest BCUT2D eigenvalue weighted by atomic mass is 32.2. The van der Waals surface area contributed by atoms with Crippen LogP contribution in [0, 0.1) is 28.4 Å². The number of nitro groups is 1. The summed E-state index contributed by atoms with van der Waals surface area (Å²) in [4.78, 5) is 22.6. The number of nitrogens with one attached hydrogen (secondary N) is 2. The second-order valence-electron chi connectivity index (χ2n) is 5.54. The van der Waals surface area contributed by atoms with Crippen molar-refractivity contribution < 1.29 is 18.1 Å². The number of carbonyl (C=O) groups is 1. The van der Waals surface area contributed by atoms with E-state index in [0.29, 0.717) is 11.3 Å². The molecular weight excluding hydrogens is 372 g/mol. The molecule has 2 aromatic rings. The smallest absolute Gasteiger partial charge is 0.271 e. The predicted molar refractivity (Wildman–Crippen MR) is 97.6 cm³/mol. The Morgan fingerprint density at radius 1 is 1.22 bits per heavy atom. The van der Waals surface area contributed by atoms with Gasteiger partial charge in [0.05, 0.1) is 21.6 Å². The molecule has 0 spiro atoms. The second-order valence-corrected chi connectivity index (χ2v) is 7.31. The SMILES string of the molecule is Cc1ccc([N+](=O)[O-])cc1NC(=O)c1ccc(S(=O)(=O)NCCC#N)cc1. The van der Waals surface area contributed by atoms with Gasteiger partial charge in [-0.2, -0.15) is 5.26 Å². The molecule has 27 heavy (non-hydrogen) atoms. The van der Waals surface area contributed by atoms with Crippen LogP contribution in [0.2, 0.25) is 0 Å². The van der Waals surface area contributed by atoms with Crippen LogP contribution in [0.5, 0.6) is 0 Å². The van der Waals surface area contributed by atoms with E-state index in [9.17, 15) is 23.3 Å². The molecule has 0 bridgehead atoms. The molecule has 0 aromatic heterocycles. The third-order valence-corrected chi connectivity index (χ3v) is 5.11. The van der Waals surface area contributed by atoms with Crippen LogP contribution in [0.15, 0.2) is 47.4 Å². The molecule has 9 nitrogen and oxygen atoms in total. The summed E-state index contributed by atoms with van der Waals surface area (Å²) < 4.78 is 26.4. The Kier molecular flexibility index (Phi) is 6.23. The summed E-state index contributed by atoms with van der Waals surface area (Å²) >= 11 is 0. The van der Waals surface area contributed by atoms with Crippen LogP contribution in [-0.4, -0.2) is 25.8 Å². The van der Waals surface area contributed by atoms with E-state index in [1.54, 1.807) is 6.92 Å². The quantitative estimate of drug-likeness (QED) is 0.423. The minimum atomic E-state index is -3.76. The third-order valence-electron chi connectivity index (χ3n) is 3.64. The highest BCUT2D eigenvalue weighted by Crippen LogP contribution is 2.22. The summed E-state index contributed by atoms with van der Waals surface area (Å²) in [6, 6.07) is 11.2. The maximum Gasteiger partial charge on any atom is 0.271 e. The average molecular weight is 388 g/mol. The molecule has 2 aromatic carbocycles. The number of carbonyl (C=O) groups excluding carboxylic acids is 1. The number of hydrogen-bond acceptors (Lipinski definition) is 6. The number of amides is 1. The third kappa shape index (κ3) is 5.10. The first-order valence-electron chi connectivity index (χ1n) is 7.77. The number of nitro benzene ring substituents is 1. The van der Waals surface area contributed by atoms with Crippen molar-refractivity contribution in [3.05, 3.63) is 63.7 Å². The molecule has 0 fully saturated rings. The molecule has 2 N–H and O–H groups in total. The Balaban J connectivity index is 2.16. The van der Waals surface area contributed by atoms with Gasteiger partial charge in [-0.25, -0.2) is 13.1 Å². The zero-order valence-electron chi connectivity index (χ0n) is 14.3. The molecule has 2 rings (SSSR count). The van der Waals surface area contributed by atoms with Crippen molar-refractivity contribution in [2.24, 2.45) is 0 Å². The number of nitriles is 1.